The number of halogens is 1. The lowest BCUT2D eigenvalue weighted by Crippen LogP contribution is -2.49. The van der Waals surface area contributed by atoms with E-state index in [0.29, 0.717) is 62.0 Å². The molecule has 0 aliphatic carbocycles. The number of carbonyl (C=O) groups excluding carboxylic acids is 2. The molecule has 1 N–H and O–H groups in total. The SMILES string of the molecule is COc1ccc(C(=O)N2CCN(c3ncccc3C(=O)NCCc3ccc(OC)c(OC)c3)CC2)cc1F. The normalized spacial score (nSPS) is 13.2. The topological polar surface area (TPSA) is 93.2 Å². The number of benzene rings is 2. The fraction of sp³-hybridized carbons (Fsp3) is 0.321. The standard InChI is InChI=1S/C28H31FN4O5/c1-36-23-9-7-20(18-22(23)29)28(35)33-15-13-32(14-16-33)26-21(5-4-11-30-26)27(34)31-12-10-19-6-8-24(37-2)25(17-19)38-3/h4-9,11,17-18H,10,12-16H2,1-3H3,(H,31,34). The molecular formula is C28H31FN4O5. The molecule has 0 atom stereocenters. The van der Waals surface area contributed by atoms with Gasteiger partial charge in [0.1, 0.15) is 5.82 Å². The third-order valence-electron chi connectivity index (χ3n) is 6.44. The summed E-state index contributed by atoms with van der Waals surface area (Å²) in [6, 6.07) is 13.3. The lowest BCUT2D eigenvalue weighted by atomic mass is 10.1. The molecule has 2 amide bonds. The molecule has 1 fully saturated rings. The minimum atomic E-state index is -0.577. The zero-order valence-electron chi connectivity index (χ0n) is 21.7. The maximum absolute atomic E-state index is 14.1. The lowest BCUT2D eigenvalue weighted by Gasteiger charge is -2.36. The zero-order valence-corrected chi connectivity index (χ0v) is 21.7. The number of piperazine rings is 1. The first-order chi connectivity index (χ1) is 18.4. The van der Waals surface area contributed by atoms with E-state index in [0.717, 1.165) is 5.56 Å². The van der Waals surface area contributed by atoms with E-state index in [1.165, 1.54) is 19.2 Å². The van der Waals surface area contributed by atoms with Gasteiger partial charge in [-0.1, -0.05) is 6.07 Å². The highest BCUT2D eigenvalue weighted by molar-refractivity contribution is 5.99. The predicted molar refractivity (Wildman–Crippen MR) is 141 cm³/mol. The first-order valence-corrected chi connectivity index (χ1v) is 12.3. The van der Waals surface area contributed by atoms with Crippen LogP contribution in [0.25, 0.3) is 0 Å². The summed E-state index contributed by atoms with van der Waals surface area (Å²) in [7, 11) is 4.55. The Bertz CT molecular complexity index is 1290. The van der Waals surface area contributed by atoms with E-state index >= 15 is 0 Å². The number of carbonyl (C=O) groups is 2. The van der Waals surface area contributed by atoms with Gasteiger partial charge in [-0.2, -0.15) is 0 Å². The van der Waals surface area contributed by atoms with Gasteiger partial charge in [-0.25, -0.2) is 9.37 Å². The van der Waals surface area contributed by atoms with Gasteiger partial charge in [-0.05, 0) is 54.4 Å². The van der Waals surface area contributed by atoms with Crippen molar-refractivity contribution in [3.63, 3.8) is 0 Å². The summed E-state index contributed by atoms with van der Waals surface area (Å²) in [6.07, 6.45) is 2.27. The van der Waals surface area contributed by atoms with Crippen molar-refractivity contribution in [2.24, 2.45) is 0 Å². The molecule has 3 aromatic rings. The molecule has 0 radical (unpaired) electrons. The van der Waals surface area contributed by atoms with Crippen molar-refractivity contribution in [1.29, 1.82) is 0 Å². The first kappa shape index (κ1) is 26.7. The number of ether oxygens (including phenoxy) is 3. The average Bonchev–Trinajstić information content (AvgIpc) is 2.96. The highest BCUT2D eigenvalue weighted by atomic mass is 19.1. The number of nitrogens with one attached hydrogen (secondary N) is 1. The molecule has 1 saturated heterocycles. The molecule has 2 aromatic carbocycles. The minimum Gasteiger partial charge on any atom is -0.494 e. The number of aromatic nitrogens is 1. The lowest BCUT2D eigenvalue weighted by molar-refractivity contribution is 0.0745. The van der Waals surface area contributed by atoms with E-state index in [2.05, 4.69) is 10.3 Å². The Hall–Kier alpha value is -4.34. The molecule has 1 aromatic heterocycles. The number of anilines is 1. The number of rotatable bonds is 9. The number of hydrogen-bond acceptors (Lipinski definition) is 7. The smallest absolute Gasteiger partial charge is 0.255 e. The highest BCUT2D eigenvalue weighted by Crippen LogP contribution is 2.27. The third kappa shape index (κ3) is 5.96. The third-order valence-corrected chi connectivity index (χ3v) is 6.44. The van der Waals surface area contributed by atoms with Crippen molar-refractivity contribution < 1.29 is 28.2 Å². The molecule has 38 heavy (non-hydrogen) atoms. The van der Waals surface area contributed by atoms with E-state index in [4.69, 9.17) is 14.2 Å². The van der Waals surface area contributed by atoms with Crippen molar-refractivity contribution in [2.75, 3.05) is 59.0 Å². The van der Waals surface area contributed by atoms with E-state index in [1.807, 2.05) is 23.1 Å². The Morgan fingerprint density at radius 2 is 1.63 bits per heavy atom. The Kier molecular flexibility index (Phi) is 8.62. The van der Waals surface area contributed by atoms with Crippen LogP contribution in [0.1, 0.15) is 26.3 Å². The van der Waals surface area contributed by atoms with E-state index in [9.17, 15) is 14.0 Å². The van der Waals surface area contributed by atoms with Gasteiger partial charge in [0, 0.05) is 44.5 Å². The number of methoxy groups -OCH3 is 3. The number of nitrogens with zero attached hydrogens (tertiary/aromatic N) is 3. The van der Waals surface area contributed by atoms with Gasteiger partial charge in [0.05, 0.1) is 26.9 Å². The largest absolute Gasteiger partial charge is 0.494 e. The van der Waals surface area contributed by atoms with Crippen LogP contribution in [0.2, 0.25) is 0 Å². The first-order valence-electron chi connectivity index (χ1n) is 12.3. The van der Waals surface area contributed by atoms with Gasteiger partial charge in [-0.15, -0.1) is 0 Å². The zero-order chi connectivity index (χ0) is 27.1. The minimum absolute atomic E-state index is 0.0936. The molecular weight excluding hydrogens is 491 g/mol. The van der Waals surface area contributed by atoms with Crippen LogP contribution in [0.15, 0.2) is 54.7 Å². The molecule has 1 aliphatic rings. The summed E-state index contributed by atoms with van der Waals surface area (Å²) in [5, 5.41) is 2.97. The van der Waals surface area contributed by atoms with Crippen LogP contribution in [0, 0.1) is 5.82 Å². The van der Waals surface area contributed by atoms with Crippen LogP contribution in [0.4, 0.5) is 10.2 Å². The fourth-order valence-electron chi connectivity index (χ4n) is 4.38. The number of hydrogen-bond donors (Lipinski definition) is 1. The van der Waals surface area contributed by atoms with Crippen molar-refractivity contribution >= 4 is 17.6 Å². The highest BCUT2D eigenvalue weighted by Gasteiger charge is 2.26. The quantitative estimate of drug-likeness (QED) is 0.461. The maximum Gasteiger partial charge on any atom is 0.255 e. The molecule has 0 saturated carbocycles. The molecule has 200 valence electrons. The monoisotopic (exact) mass is 522 g/mol. The molecule has 0 bridgehead atoms. The van der Waals surface area contributed by atoms with Gasteiger partial charge in [0.25, 0.3) is 11.8 Å². The summed E-state index contributed by atoms with van der Waals surface area (Å²) in [5.41, 5.74) is 1.74. The van der Waals surface area contributed by atoms with E-state index < -0.39 is 5.82 Å². The summed E-state index contributed by atoms with van der Waals surface area (Å²) in [6.45, 7) is 2.26. The molecule has 9 nitrogen and oxygen atoms in total. The molecule has 2 heterocycles. The molecule has 1 aliphatic heterocycles. The molecule has 4 rings (SSSR count). The second-order valence-electron chi connectivity index (χ2n) is 8.70. The number of pyridine rings is 1. The van der Waals surface area contributed by atoms with Crippen LogP contribution in [0.5, 0.6) is 17.2 Å². The van der Waals surface area contributed by atoms with Crippen LogP contribution >= 0.6 is 0 Å². The second kappa shape index (κ2) is 12.3. The molecule has 10 heteroatoms. The van der Waals surface area contributed by atoms with Crippen LogP contribution in [0.3, 0.4) is 0 Å². The Balaban J connectivity index is 1.35. The van der Waals surface area contributed by atoms with E-state index in [-0.39, 0.29) is 23.1 Å². The summed E-state index contributed by atoms with van der Waals surface area (Å²) < 4.78 is 29.6. The van der Waals surface area contributed by atoms with E-state index in [1.54, 1.807) is 43.5 Å². The molecule has 0 unspecified atom stereocenters. The Morgan fingerprint density at radius 3 is 2.32 bits per heavy atom. The summed E-state index contributed by atoms with van der Waals surface area (Å²) in [4.78, 5) is 34.0. The van der Waals surface area contributed by atoms with Gasteiger partial charge in [-0.3, -0.25) is 9.59 Å². The molecule has 0 spiro atoms. The summed E-state index contributed by atoms with van der Waals surface area (Å²) >= 11 is 0. The summed E-state index contributed by atoms with van der Waals surface area (Å²) in [5.74, 6) is 0.905. The number of amides is 2. The predicted octanol–water partition coefficient (Wildman–Crippen LogP) is 3.18. The van der Waals surface area contributed by atoms with Crippen molar-refractivity contribution in [2.45, 2.75) is 6.42 Å². The van der Waals surface area contributed by atoms with Crippen molar-refractivity contribution in [1.82, 2.24) is 15.2 Å². The Morgan fingerprint density at radius 1 is 0.921 bits per heavy atom. The second-order valence-corrected chi connectivity index (χ2v) is 8.70. The Labute approximate surface area is 221 Å². The van der Waals surface area contributed by atoms with Crippen molar-refractivity contribution in [3.8, 4) is 17.2 Å². The maximum atomic E-state index is 14.1. The van der Waals surface area contributed by atoms with Crippen molar-refractivity contribution in [3.05, 3.63) is 77.2 Å². The van der Waals surface area contributed by atoms with Gasteiger partial charge in [0.15, 0.2) is 23.1 Å². The average molecular weight is 523 g/mol. The van der Waals surface area contributed by atoms with Crippen LogP contribution in [-0.2, 0) is 6.42 Å². The van der Waals surface area contributed by atoms with Crippen LogP contribution < -0.4 is 24.4 Å². The van der Waals surface area contributed by atoms with Gasteiger partial charge >= 0.3 is 0 Å². The van der Waals surface area contributed by atoms with Crippen LogP contribution in [-0.4, -0.2) is 75.8 Å². The van der Waals surface area contributed by atoms with Gasteiger partial charge in [0.2, 0.25) is 0 Å². The fourth-order valence-corrected chi connectivity index (χ4v) is 4.38. The van der Waals surface area contributed by atoms with Gasteiger partial charge < -0.3 is 29.3 Å².